The number of nitrogens with one attached hydrogen (secondary N) is 1. The van der Waals surface area contributed by atoms with Gasteiger partial charge in [0, 0.05) is 12.1 Å². The van der Waals surface area contributed by atoms with Crippen molar-refractivity contribution >= 4 is 15.7 Å². The number of fused-ring (bicyclic) bond motifs is 1. The average Bonchev–Trinajstić information content (AvgIpc) is 3.08. The molecule has 0 spiro atoms. The van der Waals surface area contributed by atoms with Crippen molar-refractivity contribution in [3.63, 3.8) is 0 Å². The van der Waals surface area contributed by atoms with Crippen molar-refractivity contribution < 1.29 is 22.6 Å². The Morgan fingerprint density at radius 2 is 1.52 bits per heavy atom. The van der Waals surface area contributed by atoms with Crippen LogP contribution < -0.4 is 18.9 Å². The first-order chi connectivity index (χ1) is 12.0. The number of hydrogen-bond acceptors (Lipinski definition) is 5. The Morgan fingerprint density at radius 1 is 0.880 bits per heavy atom. The first-order valence-corrected chi connectivity index (χ1v) is 9.41. The van der Waals surface area contributed by atoms with Crippen molar-refractivity contribution in [2.24, 2.45) is 0 Å². The summed E-state index contributed by atoms with van der Waals surface area (Å²) in [4.78, 5) is 0.252. The lowest BCUT2D eigenvalue weighted by molar-refractivity contribution is 0.325. The minimum atomic E-state index is -3.71. The average molecular weight is 363 g/mol. The highest BCUT2D eigenvalue weighted by atomic mass is 32.2. The SMILES string of the molecule is COc1cc(NS(=O)(=O)c2ccc3c(c2)CCC3)cc(OC)c1OC. The van der Waals surface area contributed by atoms with Gasteiger partial charge in [0.1, 0.15) is 0 Å². The van der Waals surface area contributed by atoms with Crippen LogP contribution in [0.15, 0.2) is 35.2 Å². The number of anilines is 1. The summed E-state index contributed by atoms with van der Waals surface area (Å²) in [5, 5.41) is 0. The maximum absolute atomic E-state index is 12.7. The number of rotatable bonds is 6. The van der Waals surface area contributed by atoms with Crippen LogP contribution in [0.3, 0.4) is 0 Å². The number of sulfonamides is 1. The second kappa shape index (κ2) is 6.84. The summed E-state index contributed by atoms with van der Waals surface area (Å²) in [6.45, 7) is 0. The van der Waals surface area contributed by atoms with Gasteiger partial charge < -0.3 is 14.2 Å². The molecule has 0 aromatic heterocycles. The van der Waals surface area contributed by atoms with Crippen molar-refractivity contribution in [3.8, 4) is 17.2 Å². The Bertz CT molecular complexity index is 867. The summed E-state index contributed by atoms with van der Waals surface area (Å²) < 4.78 is 43.8. The summed E-state index contributed by atoms with van der Waals surface area (Å²) in [6, 6.07) is 8.41. The second-order valence-corrected chi connectivity index (χ2v) is 7.49. The fourth-order valence-electron chi connectivity index (χ4n) is 3.07. The smallest absolute Gasteiger partial charge is 0.261 e. The molecule has 0 radical (unpaired) electrons. The molecule has 0 amide bonds. The van der Waals surface area contributed by atoms with E-state index in [2.05, 4.69) is 4.72 Å². The Hall–Kier alpha value is -2.41. The lowest BCUT2D eigenvalue weighted by Crippen LogP contribution is -2.13. The van der Waals surface area contributed by atoms with E-state index >= 15 is 0 Å². The molecule has 1 aliphatic rings. The second-order valence-electron chi connectivity index (χ2n) is 5.80. The first kappa shape index (κ1) is 17.4. The van der Waals surface area contributed by atoms with Gasteiger partial charge >= 0.3 is 0 Å². The highest BCUT2D eigenvalue weighted by Gasteiger charge is 2.20. The number of ether oxygens (including phenoxy) is 3. The molecule has 134 valence electrons. The monoisotopic (exact) mass is 363 g/mol. The van der Waals surface area contributed by atoms with Crippen molar-refractivity contribution in [2.45, 2.75) is 24.2 Å². The van der Waals surface area contributed by atoms with Crippen LogP contribution in [-0.4, -0.2) is 29.7 Å². The van der Waals surface area contributed by atoms with Crippen molar-refractivity contribution in [3.05, 3.63) is 41.5 Å². The van der Waals surface area contributed by atoms with Crippen LogP contribution in [0.2, 0.25) is 0 Å². The van der Waals surface area contributed by atoms with Crippen molar-refractivity contribution in [2.75, 3.05) is 26.1 Å². The zero-order valence-electron chi connectivity index (χ0n) is 14.5. The number of methoxy groups -OCH3 is 3. The summed E-state index contributed by atoms with van der Waals surface area (Å²) in [5.74, 6) is 1.17. The van der Waals surface area contributed by atoms with Gasteiger partial charge in [-0.25, -0.2) is 8.42 Å². The highest BCUT2D eigenvalue weighted by Crippen LogP contribution is 2.40. The summed E-state index contributed by atoms with van der Waals surface area (Å²) in [5.41, 5.74) is 2.68. The van der Waals surface area contributed by atoms with Gasteiger partial charge in [-0.05, 0) is 42.5 Å². The molecule has 1 aliphatic carbocycles. The molecule has 0 heterocycles. The van der Waals surface area contributed by atoms with E-state index in [4.69, 9.17) is 14.2 Å². The fraction of sp³-hybridized carbons (Fsp3) is 0.333. The third kappa shape index (κ3) is 3.37. The molecule has 2 aromatic carbocycles. The van der Waals surface area contributed by atoms with Crippen LogP contribution in [0.25, 0.3) is 0 Å². The standard InChI is InChI=1S/C18H21NO5S/c1-22-16-10-14(11-17(23-2)18(16)24-3)19-25(20,21)15-8-7-12-5-4-6-13(12)9-15/h7-11,19H,4-6H2,1-3H3. The molecule has 0 bridgehead atoms. The van der Waals surface area contributed by atoms with Gasteiger partial charge in [-0.3, -0.25) is 4.72 Å². The summed E-state index contributed by atoms with van der Waals surface area (Å²) in [7, 11) is 0.753. The van der Waals surface area contributed by atoms with E-state index in [0.29, 0.717) is 22.9 Å². The van der Waals surface area contributed by atoms with E-state index in [1.807, 2.05) is 6.07 Å². The molecule has 1 N–H and O–H groups in total. The lowest BCUT2D eigenvalue weighted by Gasteiger charge is -2.15. The maximum Gasteiger partial charge on any atom is 0.261 e. The van der Waals surface area contributed by atoms with E-state index < -0.39 is 10.0 Å². The number of benzene rings is 2. The van der Waals surface area contributed by atoms with Gasteiger partial charge in [-0.1, -0.05) is 6.07 Å². The molecule has 7 heteroatoms. The molecule has 25 heavy (non-hydrogen) atoms. The molecule has 0 unspecified atom stereocenters. The number of hydrogen-bond donors (Lipinski definition) is 1. The van der Waals surface area contributed by atoms with Crippen molar-refractivity contribution in [1.29, 1.82) is 0 Å². The molecule has 0 fully saturated rings. The molecular formula is C18H21NO5S. The molecular weight excluding hydrogens is 342 g/mol. The molecule has 0 aliphatic heterocycles. The van der Waals surface area contributed by atoms with Crippen molar-refractivity contribution in [1.82, 2.24) is 0 Å². The third-order valence-electron chi connectivity index (χ3n) is 4.30. The van der Waals surface area contributed by atoms with E-state index in [1.165, 1.54) is 26.9 Å². The van der Waals surface area contributed by atoms with Gasteiger partial charge in [-0.15, -0.1) is 0 Å². The zero-order chi connectivity index (χ0) is 18.0. The number of aryl methyl sites for hydroxylation is 2. The van der Waals surface area contributed by atoms with Crippen LogP contribution in [0.4, 0.5) is 5.69 Å². The Kier molecular flexibility index (Phi) is 4.76. The largest absolute Gasteiger partial charge is 0.493 e. The predicted molar refractivity (Wildman–Crippen MR) is 95.4 cm³/mol. The molecule has 0 saturated carbocycles. The Labute approximate surface area is 147 Å². The molecule has 3 rings (SSSR count). The fourth-order valence-corrected chi connectivity index (χ4v) is 4.16. The van der Waals surface area contributed by atoms with E-state index in [-0.39, 0.29) is 4.90 Å². The summed E-state index contributed by atoms with van der Waals surface area (Å²) >= 11 is 0. The van der Waals surface area contributed by atoms with Crippen LogP contribution in [0.5, 0.6) is 17.2 Å². The van der Waals surface area contributed by atoms with Crippen LogP contribution in [0, 0.1) is 0 Å². The van der Waals surface area contributed by atoms with E-state index in [0.717, 1.165) is 24.8 Å². The topological polar surface area (TPSA) is 73.9 Å². The zero-order valence-corrected chi connectivity index (χ0v) is 15.3. The highest BCUT2D eigenvalue weighted by molar-refractivity contribution is 7.92. The minimum Gasteiger partial charge on any atom is -0.493 e. The molecule has 0 saturated heterocycles. The van der Waals surface area contributed by atoms with Gasteiger partial charge in [-0.2, -0.15) is 0 Å². The minimum absolute atomic E-state index is 0.252. The molecule has 2 aromatic rings. The third-order valence-corrected chi connectivity index (χ3v) is 5.68. The summed E-state index contributed by atoms with van der Waals surface area (Å²) in [6.07, 6.45) is 3.00. The van der Waals surface area contributed by atoms with Crippen LogP contribution >= 0.6 is 0 Å². The van der Waals surface area contributed by atoms with Gasteiger partial charge in [0.05, 0.1) is 31.9 Å². The first-order valence-electron chi connectivity index (χ1n) is 7.93. The maximum atomic E-state index is 12.7. The van der Waals surface area contributed by atoms with Gasteiger partial charge in [0.2, 0.25) is 5.75 Å². The Balaban J connectivity index is 1.95. The van der Waals surface area contributed by atoms with Gasteiger partial charge in [0.15, 0.2) is 11.5 Å². The van der Waals surface area contributed by atoms with Crippen LogP contribution in [0.1, 0.15) is 17.5 Å². The van der Waals surface area contributed by atoms with Crippen LogP contribution in [-0.2, 0) is 22.9 Å². The lowest BCUT2D eigenvalue weighted by atomic mass is 10.1. The predicted octanol–water partition coefficient (Wildman–Crippen LogP) is 3.00. The Morgan fingerprint density at radius 3 is 2.12 bits per heavy atom. The normalized spacial score (nSPS) is 13.2. The quantitative estimate of drug-likeness (QED) is 0.854. The molecule has 6 nitrogen and oxygen atoms in total. The van der Waals surface area contributed by atoms with E-state index in [1.54, 1.807) is 24.3 Å². The van der Waals surface area contributed by atoms with E-state index in [9.17, 15) is 8.42 Å². The van der Waals surface area contributed by atoms with Gasteiger partial charge in [0.25, 0.3) is 10.0 Å². The molecule has 0 atom stereocenters.